The van der Waals surface area contributed by atoms with Gasteiger partial charge in [-0.05, 0) is 89.0 Å². The third kappa shape index (κ3) is 4.64. The molecule has 246 valence electrons. The van der Waals surface area contributed by atoms with Crippen LogP contribution in [-0.4, -0.2) is 0 Å². The molecular formula is C52H32O. The highest BCUT2D eigenvalue weighted by atomic mass is 16.3. The van der Waals surface area contributed by atoms with Crippen LogP contribution in [0.15, 0.2) is 198 Å². The van der Waals surface area contributed by atoms with E-state index in [9.17, 15) is 5.48 Å². The molecule has 11 aromatic rings. The molecule has 0 saturated heterocycles. The van der Waals surface area contributed by atoms with Gasteiger partial charge in [-0.25, -0.2) is 0 Å². The Morgan fingerprint density at radius 3 is 1.42 bits per heavy atom. The summed E-state index contributed by atoms with van der Waals surface area (Å²) >= 11 is 0. The number of hydrogen-bond donors (Lipinski definition) is 0. The molecule has 11 rings (SSSR count). The fourth-order valence-corrected chi connectivity index (χ4v) is 8.05. The van der Waals surface area contributed by atoms with Crippen LogP contribution < -0.4 is 0 Å². The predicted octanol–water partition coefficient (Wildman–Crippen LogP) is 14.9. The lowest BCUT2D eigenvalue weighted by Crippen LogP contribution is -1.91. The minimum Gasteiger partial charge on any atom is -0.455 e. The summed E-state index contributed by atoms with van der Waals surface area (Å²) in [6.45, 7) is 0. The highest BCUT2D eigenvalue weighted by Crippen LogP contribution is 2.46. The Labute approximate surface area is 318 Å². The molecule has 0 aliphatic heterocycles. The van der Waals surface area contributed by atoms with E-state index in [1.54, 1.807) is 0 Å². The number of furan rings is 1. The first kappa shape index (κ1) is 22.8. The first-order valence-corrected chi connectivity index (χ1v) is 17.6. The molecule has 1 nitrogen and oxygen atoms in total. The second-order valence-corrected chi connectivity index (χ2v) is 13.4. The van der Waals surface area contributed by atoms with Crippen LogP contribution >= 0.6 is 0 Å². The van der Waals surface area contributed by atoms with Gasteiger partial charge in [0.25, 0.3) is 0 Å². The van der Waals surface area contributed by atoms with E-state index in [2.05, 4.69) is 42.5 Å². The standard InChI is InChI=1S/C52H32O/c1-2-12-33(13-3-1)34-22-26-37(27-23-34)48-42-18-8-10-20-44(42)49(45-21-11-9-19-43(45)48)38-28-24-36(25-29-38)47-32-39-15-5-7-17-41(39)52-50(47)46-31-30-35-14-4-6-16-40(35)51(46)53-52/h1-32H/i8D,9D,10D,11D,18D,19D,20D,21D. The summed E-state index contributed by atoms with van der Waals surface area (Å²) in [6, 6.07) is 44.8. The minimum atomic E-state index is -0.432. The van der Waals surface area contributed by atoms with E-state index < -0.39 is 24.2 Å². The topological polar surface area (TPSA) is 13.1 Å². The summed E-state index contributed by atoms with van der Waals surface area (Å²) in [5.41, 5.74) is 7.06. The lowest BCUT2D eigenvalue weighted by atomic mass is 9.85. The second kappa shape index (κ2) is 11.8. The zero-order valence-corrected chi connectivity index (χ0v) is 28.3. The quantitative estimate of drug-likeness (QED) is 0.169. The molecular weight excluding hydrogens is 641 g/mol. The van der Waals surface area contributed by atoms with E-state index in [1.165, 1.54) is 0 Å². The van der Waals surface area contributed by atoms with Gasteiger partial charge in [-0.2, -0.15) is 0 Å². The normalized spacial score (nSPS) is 13.9. The van der Waals surface area contributed by atoms with E-state index in [0.717, 1.165) is 65.7 Å². The molecule has 10 aromatic carbocycles. The van der Waals surface area contributed by atoms with Gasteiger partial charge in [-0.1, -0.05) is 182 Å². The summed E-state index contributed by atoms with van der Waals surface area (Å²) in [6.07, 6.45) is 0. The zero-order chi connectivity index (χ0) is 41.8. The Morgan fingerprint density at radius 1 is 0.340 bits per heavy atom. The molecule has 0 saturated carbocycles. The molecule has 1 aromatic heterocycles. The molecule has 0 amide bonds. The van der Waals surface area contributed by atoms with Gasteiger partial charge in [0.05, 0.1) is 11.0 Å². The Hall–Kier alpha value is -6.96. The fourth-order valence-electron chi connectivity index (χ4n) is 8.05. The van der Waals surface area contributed by atoms with Gasteiger partial charge in [-0.15, -0.1) is 0 Å². The molecule has 0 N–H and O–H groups in total. The van der Waals surface area contributed by atoms with Gasteiger partial charge in [-0.3, -0.25) is 0 Å². The first-order chi connectivity index (χ1) is 29.6. The third-order valence-corrected chi connectivity index (χ3v) is 10.5. The molecule has 0 spiro atoms. The second-order valence-electron chi connectivity index (χ2n) is 13.4. The van der Waals surface area contributed by atoms with Crippen LogP contribution in [0.3, 0.4) is 0 Å². The van der Waals surface area contributed by atoms with Crippen molar-refractivity contribution in [2.45, 2.75) is 0 Å². The van der Waals surface area contributed by atoms with Crippen LogP contribution in [0.2, 0.25) is 0 Å². The van der Waals surface area contributed by atoms with Crippen molar-refractivity contribution in [3.63, 3.8) is 0 Å². The molecule has 0 radical (unpaired) electrons. The van der Waals surface area contributed by atoms with Crippen molar-refractivity contribution in [1.29, 1.82) is 0 Å². The smallest absolute Gasteiger partial charge is 0.143 e. The number of rotatable bonds is 4. The highest BCUT2D eigenvalue weighted by Gasteiger charge is 2.20. The first-order valence-electron chi connectivity index (χ1n) is 21.6. The lowest BCUT2D eigenvalue weighted by molar-refractivity contribution is 0.676. The Balaban J connectivity index is 1.20. The SMILES string of the molecule is [2H]c1c([2H])c([2H])c2c(-c3ccc(-c4cc5ccccc5c5oc6c7ccccc7ccc6c45)cc3)c3c([2H])c([2H])c([2H])c([2H])c3c(-c3ccc(-c4ccccc4)cc3)c2c1[2H]. The van der Waals surface area contributed by atoms with Crippen LogP contribution in [0.4, 0.5) is 0 Å². The third-order valence-electron chi connectivity index (χ3n) is 10.5. The molecule has 0 bridgehead atoms. The van der Waals surface area contributed by atoms with Crippen molar-refractivity contribution in [1.82, 2.24) is 0 Å². The highest BCUT2D eigenvalue weighted by molar-refractivity contribution is 6.25. The van der Waals surface area contributed by atoms with Crippen LogP contribution in [-0.2, 0) is 0 Å². The summed E-state index contributed by atoms with van der Waals surface area (Å²) in [4.78, 5) is 0. The average Bonchev–Trinajstić information content (AvgIpc) is 3.71. The molecule has 0 aliphatic rings. The lowest BCUT2D eigenvalue weighted by Gasteiger charge is -2.18. The van der Waals surface area contributed by atoms with E-state index in [4.69, 9.17) is 9.90 Å². The van der Waals surface area contributed by atoms with Crippen LogP contribution in [0, 0.1) is 0 Å². The maximum absolute atomic E-state index is 9.38. The summed E-state index contributed by atoms with van der Waals surface area (Å²) in [7, 11) is 0. The predicted molar refractivity (Wildman–Crippen MR) is 225 cm³/mol. The molecule has 0 atom stereocenters. The van der Waals surface area contributed by atoms with E-state index in [0.29, 0.717) is 22.3 Å². The number of benzene rings is 10. The zero-order valence-electron chi connectivity index (χ0n) is 36.3. The van der Waals surface area contributed by atoms with Crippen LogP contribution in [0.25, 0.3) is 110 Å². The van der Waals surface area contributed by atoms with E-state index >= 15 is 0 Å². The summed E-state index contributed by atoms with van der Waals surface area (Å²) in [5, 5.41) is 6.77. The van der Waals surface area contributed by atoms with Crippen molar-refractivity contribution < 1.29 is 15.4 Å². The monoisotopic (exact) mass is 680 g/mol. The van der Waals surface area contributed by atoms with Crippen LogP contribution in [0.5, 0.6) is 0 Å². The van der Waals surface area contributed by atoms with Crippen molar-refractivity contribution >= 4 is 65.0 Å². The van der Waals surface area contributed by atoms with Crippen molar-refractivity contribution in [2.24, 2.45) is 0 Å². The van der Waals surface area contributed by atoms with Gasteiger partial charge >= 0.3 is 0 Å². The van der Waals surface area contributed by atoms with Gasteiger partial charge in [0.1, 0.15) is 11.2 Å². The van der Waals surface area contributed by atoms with Gasteiger partial charge in [0, 0.05) is 21.5 Å². The maximum atomic E-state index is 9.38. The van der Waals surface area contributed by atoms with Gasteiger partial charge < -0.3 is 4.42 Å². The Kier molecular flexibility index (Phi) is 5.07. The molecule has 0 fully saturated rings. The molecule has 53 heavy (non-hydrogen) atoms. The van der Waals surface area contributed by atoms with Crippen molar-refractivity contribution in [2.75, 3.05) is 0 Å². The molecule has 0 aliphatic carbocycles. The number of fused-ring (bicyclic) bond motifs is 9. The molecule has 1 heteroatoms. The van der Waals surface area contributed by atoms with Crippen molar-refractivity contribution in [3.05, 3.63) is 194 Å². The molecule has 0 unspecified atom stereocenters. The van der Waals surface area contributed by atoms with Gasteiger partial charge in [0.2, 0.25) is 0 Å². The summed E-state index contributed by atoms with van der Waals surface area (Å²) in [5.74, 6) is 0. The minimum absolute atomic E-state index is 0.180. The van der Waals surface area contributed by atoms with Crippen molar-refractivity contribution in [3.8, 4) is 44.5 Å². The average molecular weight is 681 g/mol. The summed E-state index contributed by atoms with van der Waals surface area (Å²) < 4.78 is 79.5. The molecule has 1 heterocycles. The maximum Gasteiger partial charge on any atom is 0.143 e. The number of hydrogen-bond acceptors (Lipinski definition) is 1. The van der Waals surface area contributed by atoms with Crippen LogP contribution in [0.1, 0.15) is 11.0 Å². The largest absolute Gasteiger partial charge is 0.455 e. The Bertz CT molecular complexity index is 3570. The fraction of sp³-hybridized carbons (Fsp3) is 0. The van der Waals surface area contributed by atoms with Gasteiger partial charge in [0.15, 0.2) is 0 Å². The Morgan fingerprint density at radius 2 is 0.811 bits per heavy atom. The van der Waals surface area contributed by atoms with E-state index in [1.807, 2.05) is 103 Å². The van der Waals surface area contributed by atoms with E-state index in [-0.39, 0.29) is 45.7 Å².